The molecule has 0 radical (unpaired) electrons. The molecule has 1 aliphatic rings. The molecule has 2 amide bonds. The molecule has 0 spiro atoms. The van der Waals surface area contributed by atoms with Crippen molar-refractivity contribution in [1.82, 2.24) is 4.90 Å². The predicted octanol–water partition coefficient (Wildman–Crippen LogP) is 3.18. The molecule has 1 aromatic carbocycles. The lowest BCUT2D eigenvalue weighted by Crippen LogP contribution is -2.41. The Balaban J connectivity index is 1.49. The van der Waals surface area contributed by atoms with E-state index in [9.17, 15) is 14.4 Å². The van der Waals surface area contributed by atoms with Crippen LogP contribution < -0.4 is 10.1 Å². The molecule has 29 heavy (non-hydrogen) atoms. The second kappa shape index (κ2) is 9.56. The number of nitrogens with zero attached hydrogens (tertiary/aromatic N) is 1. The van der Waals surface area contributed by atoms with Gasteiger partial charge in [-0.15, -0.1) is 11.3 Å². The Hall–Kier alpha value is -2.87. The van der Waals surface area contributed by atoms with Crippen LogP contribution in [-0.4, -0.2) is 49.0 Å². The minimum absolute atomic E-state index is 0.00336. The first-order valence-corrected chi connectivity index (χ1v) is 10.3. The molecule has 0 saturated carbocycles. The van der Waals surface area contributed by atoms with Gasteiger partial charge in [0.1, 0.15) is 5.75 Å². The molecule has 1 aliphatic heterocycles. The van der Waals surface area contributed by atoms with Crippen molar-refractivity contribution in [3.63, 3.8) is 0 Å². The lowest BCUT2D eigenvalue weighted by Gasteiger charge is -2.31. The molecule has 1 fully saturated rings. The molecule has 154 valence electrons. The molecule has 2 heterocycles. The van der Waals surface area contributed by atoms with Crippen LogP contribution in [0.2, 0.25) is 0 Å². The molecule has 1 saturated heterocycles. The molecule has 1 aromatic heterocycles. The molecule has 3 rings (SSSR count). The highest BCUT2D eigenvalue weighted by molar-refractivity contribution is 7.12. The van der Waals surface area contributed by atoms with Gasteiger partial charge in [-0.1, -0.05) is 18.2 Å². The van der Waals surface area contributed by atoms with Gasteiger partial charge in [0.05, 0.1) is 23.6 Å². The highest BCUT2D eigenvalue weighted by Gasteiger charge is 2.31. The lowest BCUT2D eigenvalue weighted by atomic mass is 9.97. The van der Waals surface area contributed by atoms with Gasteiger partial charge in [0.25, 0.3) is 11.8 Å². The monoisotopic (exact) mass is 416 g/mol. The molecule has 1 N–H and O–H groups in total. The maximum absolute atomic E-state index is 12.5. The molecule has 0 aliphatic carbocycles. The Bertz CT molecular complexity index is 860. The minimum Gasteiger partial charge on any atom is -0.495 e. The Labute approximate surface area is 173 Å². The van der Waals surface area contributed by atoms with Crippen LogP contribution in [0.4, 0.5) is 5.69 Å². The number of rotatable bonds is 6. The fourth-order valence-corrected chi connectivity index (χ4v) is 3.87. The number of benzene rings is 1. The molecule has 0 bridgehead atoms. The van der Waals surface area contributed by atoms with E-state index in [1.807, 2.05) is 11.4 Å². The molecule has 7 nitrogen and oxygen atoms in total. The Morgan fingerprint density at radius 3 is 2.52 bits per heavy atom. The number of ether oxygens (including phenoxy) is 2. The minimum atomic E-state index is -0.932. The second-order valence-corrected chi connectivity index (χ2v) is 7.76. The zero-order valence-corrected chi connectivity index (χ0v) is 17.2. The topological polar surface area (TPSA) is 84.9 Å². The van der Waals surface area contributed by atoms with E-state index in [0.717, 1.165) is 0 Å². The molecular formula is C21H24N2O5S. The third-order valence-electron chi connectivity index (χ3n) is 4.87. The van der Waals surface area contributed by atoms with Gasteiger partial charge >= 0.3 is 5.97 Å². The van der Waals surface area contributed by atoms with Gasteiger partial charge in [-0.2, -0.15) is 0 Å². The van der Waals surface area contributed by atoms with E-state index in [2.05, 4.69) is 5.32 Å². The Morgan fingerprint density at radius 1 is 1.14 bits per heavy atom. The zero-order chi connectivity index (χ0) is 20.8. The normalized spacial score (nSPS) is 15.4. The summed E-state index contributed by atoms with van der Waals surface area (Å²) < 4.78 is 10.6. The number of amides is 2. The van der Waals surface area contributed by atoms with Gasteiger partial charge < -0.3 is 19.7 Å². The number of thiophene rings is 1. The highest BCUT2D eigenvalue weighted by atomic mass is 32.1. The average molecular weight is 416 g/mol. The number of piperidine rings is 1. The van der Waals surface area contributed by atoms with Gasteiger partial charge in [-0.25, -0.2) is 0 Å². The van der Waals surface area contributed by atoms with Crippen molar-refractivity contribution < 1.29 is 23.9 Å². The summed E-state index contributed by atoms with van der Waals surface area (Å²) in [7, 11) is 1.52. The largest absolute Gasteiger partial charge is 0.495 e. The maximum Gasteiger partial charge on any atom is 0.309 e. The number of anilines is 1. The van der Waals surface area contributed by atoms with Gasteiger partial charge in [0.2, 0.25) is 0 Å². The standard InChI is InChI=1S/C21H24N2O5S/c1-14(19(24)22-16-6-3-4-7-17(16)27-2)28-21(26)15-9-11-23(12-10-15)20(25)18-8-5-13-29-18/h3-8,13-15H,9-12H2,1-2H3,(H,22,24)/t14-/m1/s1. The summed E-state index contributed by atoms with van der Waals surface area (Å²) in [5.74, 6) is -0.619. The molecule has 0 unspecified atom stereocenters. The van der Waals surface area contributed by atoms with Crippen LogP contribution in [0.3, 0.4) is 0 Å². The van der Waals surface area contributed by atoms with E-state index in [-0.39, 0.29) is 11.8 Å². The van der Waals surface area contributed by atoms with E-state index >= 15 is 0 Å². The van der Waals surface area contributed by atoms with Gasteiger partial charge in [-0.3, -0.25) is 14.4 Å². The molecule has 2 aromatic rings. The van der Waals surface area contributed by atoms with Crippen molar-refractivity contribution in [2.45, 2.75) is 25.9 Å². The number of nitrogens with one attached hydrogen (secondary N) is 1. The Morgan fingerprint density at radius 2 is 1.86 bits per heavy atom. The summed E-state index contributed by atoms with van der Waals surface area (Å²) in [5, 5.41) is 4.58. The number of esters is 1. The van der Waals surface area contributed by atoms with Crippen LogP contribution in [0, 0.1) is 5.92 Å². The number of para-hydroxylation sites is 2. The fourth-order valence-electron chi connectivity index (χ4n) is 3.18. The number of carbonyl (C=O) groups is 3. The summed E-state index contributed by atoms with van der Waals surface area (Å²) in [6.45, 7) is 2.54. The quantitative estimate of drug-likeness (QED) is 0.731. The Kier molecular flexibility index (Phi) is 6.87. The number of carbonyl (C=O) groups excluding carboxylic acids is 3. The van der Waals surface area contributed by atoms with E-state index in [1.165, 1.54) is 25.4 Å². The van der Waals surface area contributed by atoms with Gasteiger partial charge in [0, 0.05) is 13.1 Å². The average Bonchev–Trinajstić information content (AvgIpc) is 3.28. The van der Waals surface area contributed by atoms with Crippen LogP contribution in [0.5, 0.6) is 5.75 Å². The number of methoxy groups -OCH3 is 1. The molecule has 8 heteroatoms. The first-order valence-electron chi connectivity index (χ1n) is 9.46. The van der Waals surface area contributed by atoms with E-state index in [4.69, 9.17) is 9.47 Å². The van der Waals surface area contributed by atoms with Crippen molar-refractivity contribution in [2.75, 3.05) is 25.5 Å². The van der Waals surface area contributed by atoms with Crippen molar-refractivity contribution in [3.8, 4) is 5.75 Å². The van der Waals surface area contributed by atoms with E-state index < -0.39 is 18.0 Å². The van der Waals surface area contributed by atoms with E-state index in [0.29, 0.717) is 42.2 Å². The molecule has 1 atom stereocenters. The van der Waals surface area contributed by atoms with Crippen molar-refractivity contribution in [2.24, 2.45) is 5.92 Å². The van der Waals surface area contributed by atoms with Gasteiger partial charge in [0.15, 0.2) is 6.10 Å². The summed E-state index contributed by atoms with van der Waals surface area (Å²) in [4.78, 5) is 39.7. The number of hydrogen-bond donors (Lipinski definition) is 1. The highest BCUT2D eigenvalue weighted by Crippen LogP contribution is 2.24. The van der Waals surface area contributed by atoms with Crippen LogP contribution >= 0.6 is 11.3 Å². The zero-order valence-electron chi connectivity index (χ0n) is 16.4. The van der Waals surface area contributed by atoms with Gasteiger partial charge in [-0.05, 0) is 43.3 Å². The SMILES string of the molecule is COc1ccccc1NC(=O)[C@@H](C)OC(=O)C1CCN(C(=O)c2cccs2)CC1. The summed E-state index contributed by atoms with van der Waals surface area (Å²) >= 11 is 1.41. The smallest absolute Gasteiger partial charge is 0.309 e. The molecular weight excluding hydrogens is 392 g/mol. The first kappa shape index (κ1) is 20.9. The number of hydrogen-bond acceptors (Lipinski definition) is 6. The van der Waals surface area contributed by atoms with Crippen LogP contribution in [0.25, 0.3) is 0 Å². The predicted molar refractivity (Wildman–Crippen MR) is 110 cm³/mol. The van der Waals surface area contributed by atoms with Crippen LogP contribution in [-0.2, 0) is 14.3 Å². The summed E-state index contributed by atoms with van der Waals surface area (Å²) in [6.07, 6.45) is 0.117. The van der Waals surface area contributed by atoms with Crippen molar-refractivity contribution in [3.05, 3.63) is 46.7 Å². The van der Waals surface area contributed by atoms with Crippen molar-refractivity contribution in [1.29, 1.82) is 0 Å². The first-order chi connectivity index (χ1) is 14.0. The second-order valence-electron chi connectivity index (χ2n) is 6.81. The van der Waals surface area contributed by atoms with Crippen LogP contribution in [0.15, 0.2) is 41.8 Å². The van der Waals surface area contributed by atoms with Crippen molar-refractivity contribution >= 4 is 34.8 Å². The fraction of sp³-hybridized carbons (Fsp3) is 0.381. The third-order valence-corrected chi connectivity index (χ3v) is 5.73. The summed E-state index contributed by atoms with van der Waals surface area (Å²) in [5.41, 5.74) is 0.517. The third kappa shape index (κ3) is 5.14. The summed E-state index contributed by atoms with van der Waals surface area (Å²) in [6, 6.07) is 10.7. The number of likely N-dealkylation sites (tertiary alicyclic amines) is 1. The van der Waals surface area contributed by atoms with E-state index in [1.54, 1.807) is 35.2 Å². The lowest BCUT2D eigenvalue weighted by molar-refractivity contribution is -0.158. The maximum atomic E-state index is 12.5. The van der Waals surface area contributed by atoms with Crippen LogP contribution in [0.1, 0.15) is 29.4 Å².